The molecule has 0 unspecified atom stereocenters. The van der Waals surface area contributed by atoms with E-state index in [1.54, 1.807) is 20.8 Å². The van der Waals surface area contributed by atoms with Crippen LogP contribution >= 0.6 is 0 Å². The molecule has 0 aliphatic rings. The van der Waals surface area contributed by atoms with E-state index in [2.05, 4.69) is 0 Å². The Balaban J connectivity index is 2.82. The molecule has 1 aromatic carbocycles. The molecule has 4 N–H and O–H groups in total. The number of sulfone groups is 1. The molecule has 0 bridgehead atoms. The molecule has 7 heteroatoms. The maximum Gasteiger partial charge on any atom is 0.252 e. The van der Waals surface area contributed by atoms with Crippen molar-refractivity contribution < 1.29 is 17.9 Å². The quantitative estimate of drug-likeness (QED) is 0.786. The number of benzene rings is 1. The number of hydrogen-bond acceptors (Lipinski definition) is 5. The molecule has 112 valence electrons. The van der Waals surface area contributed by atoms with Crippen LogP contribution in [0.4, 0.5) is 5.69 Å². The first kappa shape index (κ1) is 16.3. The van der Waals surface area contributed by atoms with Crippen LogP contribution in [0.2, 0.25) is 0 Å². The van der Waals surface area contributed by atoms with E-state index in [9.17, 15) is 13.2 Å². The average molecular weight is 300 g/mol. The maximum absolute atomic E-state index is 11.9. The number of ether oxygens (including phenoxy) is 1. The largest absolute Gasteiger partial charge is 0.492 e. The summed E-state index contributed by atoms with van der Waals surface area (Å²) in [5.74, 6) is -0.607. The predicted octanol–water partition coefficient (Wildman–Crippen LogP) is 0.960. The molecule has 20 heavy (non-hydrogen) atoms. The fraction of sp³-hybridized carbons (Fsp3) is 0.462. The molecule has 0 aliphatic carbocycles. The summed E-state index contributed by atoms with van der Waals surface area (Å²) in [6, 6.07) is 4.42. The van der Waals surface area contributed by atoms with Gasteiger partial charge < -0.3 is 16.2 Å². The van der Waals surface area contributed by atoms with E-state index < -0.39 is 20.5 Å². The number of carbonyl (C=O) groups excluding carboxylic acids is 1. The zero-order valence-corrected chi connectivity index (χ0v) is 12.7. The maximum atomic E-state index is 11.9. The molecular weight excluding hydrogens is 280 g/mol. The highest BCUT2D eigenvalue weighted by Gasteiger charge is 2.28. The molecule has 0 saturated carbocycles. The van der Waals surface area contributed by atoms with E-state index in [4.69, 9.17) is 16.2 Å². The first-order valence-corrected chi connectivity index (χ1v) is 7.74. The second-order valence-corrected chi connectivity index (χ2v) is 8.26. The normalized spacial score (nSPS) is 12.2. The Morgan fingerprint density at radius 1 is 1.30 bits per heavy atom. The molecule has 0 fully saturated rings. The van der Waals surface area contributed by atoms with Crippen molar-refractivity contribution in [1.29, 1.82) is 0 Å². The van der Waals surface area contributed by atoms with Gasteiger partial charge in [0.1, 0.15) is 12.4 Å². The number of amides is 1. The van der Waals surface area contributed by atoms with E-state index in [0.717, 1.165) is 0 Å². The second kappa shape index (κ2) is 5.70. The van der Waals surface area contributed by atoms with Gasteiger partial charge in [0.25, 0.3) is 5.91 Å². The molecule has 0 spiro atoms. The van der Waals surface area contributed by atoms with Crippen molar-refractivity contribution in [2.75, 3.05) is 18.1 Å². The number of nitrogen functional groups attached to an aromatic ring is 1. The van der Waals surface area contributed by atoms with Gasteiger partial charge in [-0.2, -0.15) is 0 Å². The summed E-state index contributed by atoms with van der Waals surface area (Å²) < 4.78 is 28.4. The summed E-state index contributed by atoms with van der Waals surface area (Å²) in [6.07, 6.45) is 0. The van der Waals surface area contributed by atoms with Crippen LogP contribution in [0, 0.1) is 0 Å². The van der Waals surface area contributed by atoms with Crippen LogP contribution in [0.25, 0.3) is 0 Å². The van der Waals surface area contributed by atoms with Crippen LogP contribution in [-0.2, 0) is 9.84 Å². The summed E-state index contributed by atoms with van der Waals surface area (Å²) in [7, 11) is -3.28. The van der Waals surface area contributed by atoms with Crippen molar-refractivity contribution in [3.8, 4) is 5.75 Å². The first-order chi connectivity index (χ1) is 9.04. The van der Waals surface area contributed by atoms with Crippen LogP contribution in [0.5, 0.6) is 5.75 Å². The number of carbonyl (C=O) groups is 1. The highest BCUT2D eigenvalue weighted by molar-refractivity contribution is 7.92. The van der Waals surface area contributed by atoms with E-state index >= 15 is 0 Å². The summed E-state index contributed by atoms with van der Waals surface area (Å²) >= 11 is 0. The summed E-state index contributed by atoms with van der Waals surface area (Å²) in [6.45, 7) is 4.80. The number of primary amides is 1. The third-order valence-corrected chi connectivity index (χ3v) is 5.38. The van der Waals surface area contributed by atoms with Gasteiger partial charge in [-0.05, 0) is 32.9 Å². The molecule has 0 aromatic heterocycles. The smallest absolute Gasteiger partial charge is 0.252 e. The Bertz CT molecular complexity index is 603. The van der Waals surface area contributed by atoms with E-state index in [-0.39, 0.29) is 23.7 Å². The zero-order chi connectivity index (χ0) is 15.6. The Labute approximate surface area is 119 Å². The third-order valence-electron chi connectivity index (χ3n) is 2.81. The van der Waals surface area contributed by atoms with Gasteiger partial charge in [0, 0.05) is 11.8 Å². The lowest BCUT2D eigenvalue weighted by atomic mass is 10.2. The third kappa shape index (κ3) is 3.86. The molecule has 1 aromatic rings. The predicted molar refractivity (Wildman–Crippen MR) is 78.4 cm³/mol. The Morgan fingerprint density at radius 2 is 1.90 bits per heavy atom. The fourth-order valence-corrected chi connectivity index (χ4v) is 2.34. The fourth-order valence-electron chi connectivity index (χ4n) is 1.43. The van der Waals surface area contributed by atoms with Crippen molar-refractivity contribution in [2.45, 2.75) is 25.5 Å². The molecule has 0 saturated heterocycles. The minimum Gasteiger partial charge on any atom is -0.492 e. The van der Waals surface area contributed by atoms with Crippen molar-refractivity contribution >= 4 is 21.4 Å². The van der Waals surface area contributed by atoms with Gasteiger partial charge in [-0.25, -0.2) is 8.42 Å². The standard InChI is InChI=1S/C13H20N2O4S/c1-13(2,3)20(17,18)7-6-19-11-8-9(14)4-5-10(11)12(15)16/h4-5,8H,6-7,14H2,1-3H3,(H2,15,16). The van der Waals surface area contributed by atoms with Gasteiger partial charge in [-0.15, -0.1) is 0 Å². The summed E-state index contributed by atoms with van der Waals surface area (Å²) in [5, 5.41) is 0. The lowest BCUT2D eigenvalue weighted by Crippen LogP contribution is -2.32. The Morgan fingerprint density at radius 3 is 2.40 bits per heavy atom. The van der Waals surface area contributed by atoms with E-state index in [0.29, 0.717) is 5.69 Å². The van der Waals surface area contributed by atoms with Crippen LogP contribution < -0.4 is 16.2 Å². The summed E-state index contributed by atoms with van der Waals surface area (Å²) in [5.41, 5.74) is 11.4. The molecule has 0 radical (unpaired) electrons. The van der Waals surface area contributed by atoms with Crippen molar-refractivity contribution in [2.24, 2.45) is 5.73 Å². The first-order valence-electron chi connectivity index (χ1n) is 6.09. The Kier molecular flexibility index (Phi) is 4.65. The van der Waals surface area contributed by atoms with E-state index in [1.807, 2.05) is 0 Å². The topological polar surface area (TPSA) is 112 Å². The average Bonchev–Trinajstić information content (AvgIpc) is 2.26. The monoisotopic (exact) mass is 300 g/mol. The molecule has 1 amide bonds. The number of anilines is 1. The molecule has 0 aliphatic heterocycles. The second-order valence-electron chi connectivity index (χ2n) is 5.40. The lowest BCUT2D eigenvalue weighted by molar-refractivity contribution is 0.0996. The highest BCUT2D eigenvalue weighted by atomic mass is 32.2. The molecule has 1 rings (SSSR count). The number of nitrogens with two attached hydrogens (primary N) is 2. The van der Waals surface area contributed by atoms with Gasteiger partial charge in [0.2, 0.25) is 0 Å². The molecule has 0 atom stereocenters. The number of hydrogen-bond donors (Lipinski definition) is 2. The van der Waals surface area contributed by atoms with Gasteiger partial charge in [-0.1, -0.05) is 0 Å². The Hall–Kier alpha value is -1.76. The van der Waals surface area contributed by atoms with Gasteiger partial charge in [-0.3, -0.25) is 4.79 Å². The minimum absolute atomic E-state index is 0.0661. The van der Waals surface area contributed by atoms with Gasteiger partial charge in [0.15, 0.2) is 9.84 Å². The van der Waals surface area contributed by atoms with Crippen LogP contribution in [-0.4, -0.2) is 31.4 Å². The van der Waals surface area contributed by atoms with Crippen LogP contribution in [0.1, 0.15) is 31.1 Å². The van der Waals surface area contributed by atoms with Gasteiger partial charge in [0.05, 0.1) is 16.1 Å². The SMILES string of the molecule is CC(C)(C)S(=O)(=O)CCOc1cc(N)ccc1C(N)=O. The van der Waals surface area contributed by atoms with Crippen molar-refractivity contribution in [3.05, 3.63) is 23.8 Å². The van der Waals surface area contributed by atoms with E-state index in [1.165, 1.54) is 18.2 Å². The van der Waals surface area contributed by atoms with Crippen LogP contribution in [0.15, 0.2) is 18.2 Å². The highest BCUT2D eigenvalue weighted by Crippen LogP contribution is 2.22. The van der Waals surface area contributed by atoms with Crippen LogP contribution in [0.3, 0.4) is 0 Å². The summed E-state index contributed by atoms with van der Waals surface area (Å²) in [4.78, 5) is 11.2. The molecular formula is C13H20N2O4S. The molecule has 0 heterocycles. The van der Waals surface area contributed by atoms with Crippen molar-refractivity contribution in [1.82, 2.24) is 0 Å². The van der Waals surface area contributed by atoms with Crippen molar-refractivity contribution in [3.63, 3.8) is 0 Å². The lowest BCUT2D eigenvalue weighted by Gasteiger charge is -2.19. The van der Waals surface area contributed by atoms with Gasteiger partial charge >= 0.3 is 0 Å². The number of rotatable bonds is 5. The minimum atomic E-state index is -3.28. The zero-order valence-electron chi connectivity index (χ0n) is 11.8. The molecule has 6 nitrogen and oxygen atoms in total.